The Balaban J connectivity index is 1.62. The molecular weight excluding hydrogens is 436 g/mol. The number of thiazole rings is 1. The van der Waals surface area contributed by atoms with Gasteiger partial charge in [0, 0.05) is 32.2 Å². The number of anilines is 1. The van der Waals surface area contributed by atoms with Crippen molar-refractivity contribution in [1.82, 2.24) is 9.88 Å². The number of nitrogens with zero attached hydrogens (tertiary/aromatic N) is 3. The molecule has 4 rings (SSSR count). The second-order valence-electron chi connectivity index (χ2n) is 7.42. The van der Waals surface area contributed by atoms with Crippen LogP contribution in [0.2, 0.25) is 0 Å². The number of carbonyl (C=O) groups excluding carboxylic acids is 1. The number of amides is 1. The molecule has 0 unspecified atom stereocenters. The molecule has 0 aliphatic carbocycles. The van der Waals surface area contributed by atoms with E-state index in [0.29, 0.717) is 49.2 Å². The first kappa shape index (κ1) is 22.6. The van der Waals surface area contributed by atoms with Gasteiger partial charge in [-0.2, -0.15) is 0 Å². The molecule has 0 N–H and O–H groups in total. The van der Waals surface area contributed by atoms with E-state index in [1.54, 1.807) is 0 Å². The molecule has 32 heavy (non-hydrogen) atoms. The molecule has 1 amide bonds. The fourth-order valence-corrected chi connectivity index (χ4v) is 4.68. The Morgan fingerprint density at radius 2 is 2.06 bits per heavy atom. The van der Waals surface area contributed by atoms with Crippen molar-refractivity contribution in [2.45, 2.75) is 13.3 Å². The summed E-state index contributed by atoms with van der Waals surface area (Å²) in [6.07, 6.45) is 0.683. The molecule has 0 spiro atoms. The maximum absolute atomic E-state index is 14.4. The Labute approximate surface area is 189 Å². The van der Waals surface area contributed by atoms with E-state index in [1.165, 1.54) is 22.3 Å². The van der Waals surface area contributed by atoms with Crippen molar-refractivity contribution in [3.05, 3.63) is 53.6 Å². The van der Waals surface area contributed by atoms with E-state index in [9.17, 15) is 13.6 Å². The summed E-state index contributed by atoms with van der Waals surface area (Å²) in [6.45, 7) is 6.62. The van der Waals surface area contributed by atoms with Crippen LogP contribution >= 0.6 is 11.3 Å². The molecule has 0 atom stereocenters. The first-order valence-corrected chi connectivity index (χ1v) is 11.5. The number of morpholine rings is 1. The summed E-state index contributed by atoms with van der Waals surface area (Å²) in [5.74, 6) is -1.51. The van der Waals surface area contributed by atoms with E-state index in [0.717, 1.165) is 36.5 Å². The fourth-order valence-electron chi connectivity index (χ4n) is 3.67. The summed E-state index contributed by atoms with van der Waals surface area (Å²) in [5, 5.41) is 0.461. The predicted octanol–water partition coefficient (Wildman–Crippen LogP) is 4.34. The van der Waals surface area contributed by atoms with Gasteiger partial charge in [-0.1, -0.05) is 17.4 Å². The summed E-state index contributed by atoms with van der Waals surface area (Å²) in [4.78, 5) is 21.7. The number of hydrogen-bond donors (Lipinski definition) is 0. The molecular formula is C23H25F2N3O3S. The molecule has 2 heterocycles. The van der Waals surface area contributed by atoms with Gasteiger partial charge < -0.3 is 9.47 Å². The summed E-state index contributed by atoms with van der Waals surface area (Å²) in [5.41, 5.74) is 0.488. The third kappa shape index (κ3) is 5.06. The lowest BCUT2D eigenvalue weighted by atomic mass is 10.1. The third-order valence-electron chi connectivity index (χ3n) is 5.27. The average molecular weight is 462 g/mol. The lowest BCUT2D eigenvalue weighted by Crippen LogP contribution is -2.39. The molecule has 1 aliphatic heterocycles. The molecule has 1 fully saturated rings. The van der Waals surface area contributed by atoms with E-state index in [2.05, 4.69) is 9.88 Å². The van der Waals surface area contributed by atoms with Crippen LogP contribution in [0.1, 0.15) is 23.7 Å². The summed E-state index contributed by atoms with van der Waals surface area (Å²) < 4.78 is 39.7. The zero-order valence-corrected chi connectivity index (χ0v) is 18.7. The Morgan fingerprint density at radius 1 is 1.25 bits per heavy atom. The molecule has 1 aromatic heterocycles. The molecule has 170 valence electrons. The Morgan fingerprint density at radius 3 is 2.81 bits per heavy atom. The lowest BCUT2D eigenvalue weighted by Gasteiger charge is -2.27. The maximum atomic E-state index is 14.4. The van der Waals surface area contributed by atoms with Crippen molar-refractivity contribution in [1.29, 1.82) is 0 Å². The zero-order chi connectivity index (χ0) is 22.5. The number of carbonyl (C=O) groups is 1. The lowest BCUT2D eigenvalue weighted by molar-refractivity contribution is 0.0376. The van der Waals surface area contributed by atoms with Crippen molar-refractivity contribution in [3.63, 3.8) is 0 Å². The van der Waals surface area contributed by atoms with Crippen LogP contribution in [0, 0.1) is 11.6 Å². The number of halogens is 2. The number of para-hydroxylation sites is 1. The summed E-state index contributed by atoms with van der Waals surface area (Å²) in [7, 11) is 0. The van der Waals surface area contributed by atoms with E-state index < -0.39 is 17.5 Å². The van der Waals surface area contributed by atoms with Gasteiger partial charge in [-0.25, -0.2) is 13.8 Å². The summed E-state index contributed by atoms with van der Waals surface area (Å²) in [6, 6.07) is 8.62. The second kappa shape index (κ2) is 10.3. The third-order valence-corrected chi connectivity index (χ3v) is 6.31. The van der Waals surface area contributed by atoms with Crippen molar-refractivity contribution in [3.8, 4) is 5.75 Å². The highest BCUT2D eigenvalue weighted by molar-refractivity contribution is 7.22. The van der Waals surface area contributed by atoms with Crippen LogP contribution in [-0.2, 0) is 4.74 Å². The van der Waals surface area contributed by atoms with Crippen molar-refractivity contribution >= 4 is 32.6 Å². The summed E-state index contributed by atoms with van der Waals surface area (Å²) >= 11 is 1.35. The van der Waals surface area contributed by atoms with Gasteiger partial charge in [0.1, 0.15) is 22.9 Å². The molecule has 1 saturated heterocycles. The minimum absolute atomic E-state index is 0.179. The van der Waals surface area contributed by atoms with Crippen molar-refractivity contribution in [2.75, 3.05) is 50.9 Å². The molecule has 0 saturated carbocycles. The standard InChI is InChI=1S/C23H25F2N3O3S/c1-2-31-19-5-3-6-20-21(19)26-23(32-20)28(10-4-9-27-11-13-30-14-12-27)22(29)17-8-7-16(24)15-18(17)25/h3,5-8,15H,2,4,9-14H2,1H3. The highest BCUT2D eigenvalue weighted by Crippen LogP contribution is 2.35. The van der Waals surface area contributed by atoms with Crippen LogP contribution < -0.4 is 9.64 Å². The number of fused-ring (bicyclic) bond motifs is 1. The topological polar surface area (TPSA) is 54.9 Å². The van der Waals surface area contributed by atoms with Crippen molar-refractivity contribution < 1.29 is 23.0 Å². The molecule has 0 bridgehead atoms. The number of ether oxygens (including phenoxy) is 2. The van der Waals surface area contributed by atoms with Crippen LogP contribution in [0.25, 0.3) is 10.2 Å². The number of aromatic nitrogens is 1. The quantitative estimate of drug-likeness (QED) is 0.500. The molecule has 3 aromatic rings. The highest BCUT2D eigenvalue weighted by Gasteiger charge is 2.25. The van der Waals surface area contributed by atoms with Crippen LogP contribution in [0.5, 0.6) is 5.75 Å². The molecule has 6 nitrogen and oxygen atoms in total. The van der Waals surface area contributed by atoms with Crippen LogP contribution in [0.4, 0.5) is 13.9 Å². The first-order chi connectivity index (χ1) is 15.6. The molecule has 2 aromatic carbocycles. The van der Waals surface area contributed by atoms with Gasteiger partial charge >= 0.3 is 0 Å². The van der Waals surface area contributed by atoms with Gasteiger partial charge in [0.2, 0.25) is 0 Å². The number of benzene rings is 2. The van der Waals surface area contributed by atoms with E-state index in [1.807, 2.05) is 25.1 Å². The Bertz CT molecular complexity index is 1090. The first-order valence-electron chi connectivity index (χ1n) is 10.7. The monoisotopic (exact) mass is 461 g/mol. The Kier molecular flexibility index (Phi) is 7.29. The van der Waals surface area contributed by atoms with Crippen LogP contribution in [-0.4, -0.2) is 61.8 Å². The van der Waals surface area contributed by atoms with E-state index in [4.69, 9.17) is 9.47 Å². The SMILES string of the molecule is CCOc1cccc2sc(N(CCCN3CCOCC3)C(=O)c3ccc(F)cc3F)nc12. The minimum atomic E-state index is -0.885. The molecule has 1 aliphatic rings. The normalized spacial score (nSPS) is 14.6. The van der Waals surface area contributed by atoms with Gasteiger partial charge in [-0.15, -0.1) is 0 Å². The maximum Gasteiger partial charge on any atom is 0.263 e. The number of hydrogen-bond acceptors (Lipinski definition) is 6. The van der Waals surface area contributed by atoms with E-state index in [-0.39, 0.29) is 5.56 Å². The minimum Gasteiger partial charge on any atom is -0.492 e. The van der Waals surface area contributed by atoms with Crippen LogP contribution in [0.3, 0.4) is 0 Å². The average Bonchev–Trinajstić information content (AvgIpc) is 3.22. The molecule has 9 heteroatoms. The van der Waals surface area contributed by atoms with Gasteiger partial charge in [0.25, 0.3) is 5.91 Å². The fraction of sp³-hybridized carbons (Fsp3) is 0.391. The smallest absolute Gasteiger partial charge is 0.263 e. The van der Waals surface area contributed by atoms with Crippen LogP contribution in [0.15, 0.2) is 36.4 Å². The number of rotatable bonds is 8. The molecule has 0 radical (unpaired) electrons. The zero-order valence-electron chi connectivity index (χ0n) is 17.9. The van der Waals surface area contributed by atoms with E-state index >= 15 is 0 Å². The van der Waals surface area contributed by atoms with Crippen molar-refractivity contribution in [2.24, 2.45) is 0 Å². The second-order valence-corrected chi connectivity index (χ2v) is 8.43. The van der Waals surface area contributed by atoms with Gasteiger partial charge in [-0.05, 0) is 37.6 Å². The predicted molar refractivity (Wildman–Crippen MR) is 121 cm³/mol. The van der Waals surface area contributed by atoms with Gasteiger partial charge in [0.05, 0.1) is 30.1 Å². The van der Waals surface area contributed by atoms with Gasteiger partial charge in [0.15, 0.2) is 5.13 Å². The highest BCUT2D eigenvalue weighted by atomic mass is 32.1. The Hall–Kier alpha value is -2.62. The van der Waals surface area contributed by atoms with Gasteiger partial charge in [-0.3, -0.25) is 14.6 Å². The largest absolute Gasteiger partial charge is 0.492 e.